The molecule has 92 valence electrons. The van der Waals surface area contributed by atoms with Gasteiger partial charge in [0.05, 0.1) is 12.0 Å². The van der Waals surface area contributed by atoms with E-state index < -0.39 is 11.8 Å². The van der Waals surface area contributed by atoms with Crippen molar-refractivity contribution >= 4 is 23.1 Å². The van der Waals surface area contributed by atoms with Crippen LogP contribution in [-0.2, 0) is 16.0 Å². The summed E-state index contributed by atoms with van der Waals surface area (Å²) >= 11 is 1.27. The molecule has 0 saturated carbocycles. The predicted molar refractivity (Wildman–Crippen MR) is 69.9 cm³/mol. The van der Waals surface area contributed by atoms with Gasteiger partial charge >= 0.3 is 5.97 Å². The lowest BCUT2D eigenvalue weighted by Crippen LogP contribution is -2.14. The van der Waals surface area contributed by atoms with Crippen LogP contribution in [0.3, 0.4) is 0 Å². The fourth-order valence-corrected chi connectivity index (χ4v) is 2.45. The van der Waals surface area contributed by atoms with Crippen LogP contribution >= 0.6 is 11.3 Å². The molecular formula is C14H12O3S. The fraction of sp³-hybridized carbons (Fsp3) is 0.143. The number of Topliss-reactive ketones (excluding diaryl/α,β-unsaturated/α-hetero) is 1. The molecule has 3 nitrogen and oxygen atoms in total. The average molecular weight is 260 g/mol. The minimum atomic E-state index is -0.817. The maximum Gasteiger partial charge on any atom is 0.380 e. The molecule has 1 heterocycles. The summed E-state index contributed by atoms with van der Waals surface area (Å²) in [4.78, 5) is 23.1. The molecule has 0 aliphatic rings. The highest BCUT2D eigenvalue weighted by atomic mass is 32.1. The highest BCUT2D eigenvalue weighted by Crippen LogP contribution is 2.18. The number of methoxy groups -OCH3 is 1. The van der Waals surface area contributed by atoms with E-state index in [9.17, 15) is 9.59 Å². The first-order chi connectivity index (χ1) is 8.70. The summed E-state index contributed by atoms with van der Waals surface area (Å²) in [7, 11) is 1.21. The van der Waals surface area contributed by atoms with Gasteiger partial charge in [0.15, 0.2) is 0 Å². The van der Waals surface area contributed by atoms with Crippen LogP contribution < -0.4 is 0 Å². The van der Waals surface area contributed by atoms with Gasteiger partial charge in [0, 0.05) is 0 Å². The Hall–Kier alpha value is -1.94. The van der Waals surface area contributed by atoms with Gasteiger partial charge in [0.2, 0.25) is 0 Å². The molecule has 18 heavy (non-hydrogen) atoms. The first-order valence-corrected chi connectivity index (χ1v) is 6.32. The van der Waals surface area contributed by atoms with E-state index in [1.807, 2.05) is 35.7 Å². The van der Waals surface area contributed by atoms with Gasteiger partial charge < -0.3 is 4.74 Å². The van der Waals surface area contributed by atoms with E-state index in [0.717, 1.165) is 12.0 Å². The molecule has 0 aliphatic heterocycles. The maximum absolute atomic E-state index is 11.6. The van der Waals surface area contributed by atoms with Gasteiger partial charge in [-0.1, -0.05) is 30.3 Å². The second kappa shape index (κ2) is 5.60. The number of hydrogen-bond donors (Lipinski definition) is 0. The van der Waals surface area contributed by atoms with Crippen LogP contribution in [0.25, 0.3) is 0 Å². The van der Waals surface area contributed by atoms with Gasteiger partial charge in [0.25, 0.3) is 5.78 Å². The molecule has 0 unspecified atom stereocenters. The highest BCUT2D eigenvalue weighted by Gasteiger charge is 2.18. The second-order valence-corrected chi connectivity index (χ2v) is 4.71. The molecule has 0 radical (unpaired) electrons. The molecule has 0 atom stereocenters. The van der Waals surface area contributed by atoms with Gasteiger partial charge in [-0.25, -0.2) is 4.79 Å². The van der Waals surface area contributed by atoms with Crippen LogP contribution in [0.2, 0.25) is 0 Å². The molecule has 0 bridgehead atoms. The molecular weight excluding hydrogens is 248 g/mol. The van der Waals surface area contributed by atoms with E-state index in [2.05, 4.69) is 4.74 Å². The summed E-state index contributed by atoms with van der Waals surface area (Å²) in [6.07, 6.45) is 0.756. The lowest BCUT2D eigenvalue weighted by atomic mass is 10.1. The third-order valence-electron chi connectivity index (χ3n) is 2.50. The summed E-state index contributed by atoms with van der Waals surface area (Å²) in [5.74, 6) is -1.40. The van der Waals surface area contributed by atoms with E-state index in [1.165, 1.54) is 24.0 Å². The summed E-state index contributed by atoms with van der Waals surface area (Å²) in [5.41, 5.74) is 2.20. The van der Waals surface area contributed by atoms with Crippen molar-refractivity contribution in [2.75, 3.05) is 7.11 Å². The maximum atomic E-state index is 11.6. The Morgan fingerprint density at radius 1 is 1.17 bits per heavy atom. The van der Waals surface area contributed by atoms with Crippen LogP contribution in [-0.4, -0.2) is 18.9 Å². The van der Waals surface area contributed by atoms with E-state index in [0.29, 0.717) is 4.88 Å². The Kier molecular flexibility index (Phi) is 3.89. The van der Waals surface area contributed by atoms with Crippen LogP contribution in [0.5, 0.6) is 0 Å². The van der Waals surface area contributed by atoms with Gasteiger partial charge in [-0.15, -0.1) is 11.3 Å². The largest absolute Gasteiger partial charge is 0.463 e. The van der Waals surface area contributed by atoms with Crippen molar-refractivity contribution in [3.8, 4) is 0 Å². The SMILES string of the molecule is COC(=O)C(=O)c1cc(Cc2ccccc2)cs1. The van der Waals surface area contributed by atoms with Crippen molar-refractivity contribution in [1.82, 2.24) is 0 Å². The Labute approximate surface area is 109 Å². The fourth-order valence-electron chi connectivity index (χ4n) is 1.61. The summed E-state index contributed by atoms with van der Waals surface area (Å²) in [5, 5.41) is 1.89. The summed E-state index contributed by atoms with van der Waals surface area (Å²) in [6.45, 7) is 0. The minimum absolute atomic E-state index is 0.424. The second-order valence-electron chi connectivity index (χ2n) is 3.80. The zero-order chi connectivity index (χ0) is 13.0. The Morgan fingerprint density at radius 3 is 2.56 bits per heavy atom. The first kappa shape index (κ1) is 12.5. The topological polar surface area (TPSA) is 43.4 Å². The third-order valence-corrected chi connectivity index (χ3v) is 3.48. The Bertz CT molecular complexity index is 557. The van der Waals surface area contributed by atoms with Crippen LogP contribution in [0.15, 0.2) is 41.8 Å². The van der Waals surface area contributed by atoms with Gasteiger partial charge in [-0.05, 0) is 29.0 Å². The van der Waals surface area contributed by atoms with E-state index in [-0.39, 0.29) is 0 Å². The normalized spacial score (nSPS) is 10.1. The number of benzene rings is 1. The number of thiophene rings is 1. The Morgan fingerprint density at radius 2 is 1.89 bits per heavy atom. The molecule has 1 aromatic carbocycles. The number of rotatable bonds is 4. The van der Waals surface area contributed by atoms with Gasteiger partial charge in [0.1, 0.15) is 0 Å². The third kappa shape index (κ3) is 2.84. The highest BCUT2D eigenvalue weighted by molar-refractivity contribution is 7.13. The van der Waals surface area contributed by atoms with E-state index in [1.54, 1.807) is 6.07 Å². The number of ether oxygens (including phenoxy) is 1. The molecule has 0 fully saturated rings. The Balaban J connectivity index is 2.11. The van der Waals surface area contributed by atoms with Crippen LogP contribution in [0.4, 0.5) is 0 Å². The zero-order valence-electron chi connectivity index (χ0n) is 9.88. The molecule has 0 aliphatic carbocycles. The van der Waals surface area contributed by atoms with Crippen LogP contribution in [0.1, 0.15) is 20.8 Å². The van der Waals surface area contributed by atoms with E-state index >= 15 is 0 Å². The molecule has 2 aromatic rings. The standard InChI is InChI=1S/C14H12O3S/c1-17-14(16)13(15)12-8-11(9-18-12)7-10-5-3-2-4-6-10/h2-6,8-9H,7H2,1H3. The van der Waals surface area contributed by atoms with Crippen molar-refractivity contribution in [2.45, 2.75) is 6.42 Å². The van der Waals surface area contributed by atoms with Crippen molar-refractivity contribution in [2.24, 2.45) is 0 Å². The van der Waals surface area contributed by atoms with Gasteiger partial charge in [-0.2, -0.15) is 0 Å². The number of carbonyl (C=O) groups is 2. The minimum Gasteiger partial charge on any atom is -0.463 e. The molecule has 0 spiro atoms. The monoisotopic (exact) mass is 260 g/mol. The molecule has 2 rings (SSSR count). The number of carbonyl (C=O) groups excluding carboxylic acids is 2. The van der Waals surface area contributed by atoms with Crippen molar-refractivity contribution < 1.29 is 14.3 Å². The lowest BCUT2D eigenvalue weighted by Gasteiger charge is -1.97. The van der Waals surface area contributed by atoms with Crippen LogP contribution in [0, 0.1) is 0 Å². The molecule has 1 aromatic heterocycles. The smallest absolute Gasteiger partial charge is 0.380 e. The zero-order valence-corrected chi connectivity index (χ0v) is 10.7. The van der Waals surface area contributed by atoms with Crippen molar-refractivity contribution in [1.29, 1.82) is 0 Å². The summed E-state index contributed by atoms with van der Waals surface area (Å²) < 4.78 is 4.41. The molecule has 0 amide bonds. The van der Waals surface area contributed by atoms with Gasteiger partial charge in [-0.3, -0.25) is 4.79 Å². The first-order valence-electron chi connectivity index (χ1n) is 5.44. The van der Waals surface area contributed by atoms with Crippen molar-refractivity contribution in [3.05, 3.63) is 57.8 Å². The predicted octanol–water partition coefficient (Wildman–Crippen LogP) is 2.69. The van der Waals surface area contributed by atoms with Crippen molar-refractivity contribution in [3.63, 3.8) is 0 Å². The molecule has 0 N–H and O–H groups in total. The van der Waals surface area contributed by atoms with E-state index in [4.69, 9.17) is 0 Å². The quantitative estimate of drug-likeness (QED) is 0.482. The summed E-state index contributed by atoms with van der Waals surface area (Å²) in [6, 6.07) is 11.7. The lowest BCUT2D eigenvalue weighted by molar-refractivity contribution is -0.135. The number of ketones is 1. The molecule has 4 heteroatoms. The molecule has 0 saturated heterocycles. The number of esters is 1. The number of hydrogen-bond acceptors (Lipinski definition) is 4. The average Bonchev–Trinajstić information content (AvgIpc) is 2.86.